The first-order chi connectivity index (χ1) is 16.9. The lowest BCUT2D eigenvalue weighted by atomic mass is 10.1. The molecule has 0 saturated carbocycles. The molecule has 7 nitrogen and oxygen atoms in total. The number of anilines is 1. The summed E-state index contributed by atoms with van der Waals surface area (Å²) in [5.41, 5.74) is 2.84. The molecule has 0 aliphatic rings. The molecule has 0 unspecified atom stereocenters. The van der Waals surface area contributed by atoms with Gasteiger partial charge in [0.15, 0.2) is 23.9 Å². The predicted molar refractivity (Wildman–Crippen MR) is 136 cm³/mol. The van der Waals surface area contributed by atoms with Crippen LogP contribution in [0.1, 0.15) is 28.4 Å². The highest BCUT2D eigenvalue weighted by Crippen LogP contribution is 2.30. The van der Waals surface area contributed by atoms with Crippen molar-refractivity contribution in [3.63, 3.8) is 0 Å². The minimum absolute atomic E-state index is 0.169. The maximum absolute atomic E-state index is 12.8. The Morgan fingerprint density at radius 1 is 0.886 bits per heavy atom. The van der Waals surface area contributed by atoms with Gasteiger partial charge in [0.05, 0.1) is 26.4 Å². The third kappa shape index (κ3) is 6.86. The van der Waals surface area contributed by atoms with Gasteiger partial charge in [-0.2, -0.15) is 0 Å². The lowest BCUT2D eigenvalue weighted by Gasteiger charge is -2.13. The Labute approximate surface area is 205 Å². The summed E-state index contributed by atoms with van der Waals surface area (Å²) in [5, 5.41) is 2.84. The zero-order valence-electron chi connectivity index (χ0n) is 20.3. The van der Waals surface area contributed by atoms with Crippen molar-refractivity contribution < 1.29 is 28.5 Å². The molecule has 0 aromatic heterocycles. The highest BCUT2D eigenvalue weighted by Gasteiger charge is 2.13. The molecule has 3 aromatic rings. The Morgan fingerprint density at radius 3 is 2.37 bits per heavy atom. The molecule has 0 radical (unpaired) electrons. The Balaban J connectivity index is 1.71. The molecule has 3 rings (SSSR count). The van der Waals surface area contributed by atoms with Crippen LogP contribution in [0.25, 0.3) is 6.08 Å². The number of amides is 1. The monoisotopic (exact) mass is 475 g/mol. The van der Waals surface area contributed by atoms with Crippen molar-refractivity contribution in [3.8, 4) is 23.0 Å². The van der Waals surface area contributed by atoms with E-state index < -0.39 is 0 Å². The van der Waals surface area contributed by atoms with E-state index in [9.17, 15) is 9.59 Å². The molecule has 0 aliphatic carbocycles. The van der Waals surface area contributed by atoms with Crippen LogP contribution in [0.15, 0.2) is 66.7 Å². The molecule has 0 heterocycles. The van der Waals surface area contributed by atoms with Gasteiger partial charge in [-0.3, -0.25) is 9.59 Å². The Morgan fingerprint density at radius 2 is 1.66 bits per heavy atom. The molecule has 3 aromatic carbocycles. The van der Waals surface area contributed by atoms with Gasteiger partial charge < -0.3 is 24.3 Å². The van der Waals surface area contributed by atoms with E-state index in [4.69, 9.17) is 18.9 Å². The van der Waals surface area contributed by atoms with Crippen molar-refractivity contribution in [2.75, 3.05) is 32.8 Å². The van der Waals surface area contributed by atoms with Gasteiger partial charge in [0, 0.05) is 5.69 Å². The maximum atomic E-state index is 12.8. The van der Waals surface area contributed by atoms with Crippen LogP contribution in [0.5, 0.6) is 23.0 Å². The minimum Gasteiger partial charge on any atom is -0.497 e. The van der Waals surface area contributed by atoms with Gasteiger partial charge in [0.1, 0.15) is 11.5 Å². The third-order valence-corrected chi connectivity index (χ3v) is 5.14. The number of ketones is 1. The molecular weight excluding hydrogens is 446 g/mol. The zero-order valence-corrected chi connectivity index (χ0v) is 20.3. The quantitative estimate of drug-likeness (QED) is 0.298. The number of nitrogens with one attached hydrogen (secondary N) is 1. The van der Waals surface area contributed by atoms with Gasteiger partial charge in [-0.05, 0) is 67.4 Å². The fourth-order valence-electron chi connectivity index (χ4n) is 3.33. The van der Waals surface area contributed by atoms with E-state index in [0.29, 0.717) is 35.2 Å². The van der Waals surface area contributed by atoms with Gasteiger partial charge >= 0.3 is 0 Å². The van der Waals surface area contributed by atoms with Crippen LogP contribution in [0.2, 0.25) is 0 Å². The number of ether oxygens (including phenoxy) is 4. The number of benzene rings is 3. The molecule has 182 valence electrons. The van der Waals surface area contributed by atoms with E-state index in [-0.39, 0.29) is 18.3 Å². The van der Waals surface area contributed by atoms with Crippen molar-refractivity contribution in [3.05, 3.63) is 83.4 Å². The number of rotatable bonds is 11. The van der Waals surface area contributed by atoms with Crippen LogP contribution in [0.4, 0.5) is 5.69 Å². The van der Waals surface area contributed by atoms with E-state index in [0.717, 1.165) is 16.8 Å². The number of hydrogen-bond acceptors (Lipinski definition) is 6. The van der Waals surface area contributed by atoms with Crippen LogP contribution >= 0.6 is 0 Å². The smallest absolute Gasteiger partial charge is 0.262 e. The molecule has 0 saturated heterocycles. The maximum Gasteiger partial charge on any atom is 0.262 e. The first-order valence-corrected chi connectivity index (χ1v) is 11.1. The fraction of sp³-hybridized carbons (Fsp3) is 0.214. The van der Waals surface area contributed by atoms with Crippen LogP contribution in [0.3, 0.4) is 0 Å². The van der Waals surface area contributed by atoms with E-state index in [2.05, 4.69) is 5.32 Å². The van der Waals surface area contributed by atoms with E-state index in [1.807, 2.05) is 38.1 Å². The van der Waals surface area contributed by atoms with Gasteiger partial charge in [0.2, 0.25) is 0 Å². The van der Waals surface area contributed by atoms with Gasteiger partial charge in [0.25, 0.3) is 5.91 Å². The molecule has 0 spiro atoms. The van der Waals surface area contributed by atoms with Gasteiger partial charge in [-0.1, -0.05) is 30.3 Å². The summed E-state index contributed by atoms with van der Waals surface area (Å²) in [6.45, 7) is 4.03. The predicted octanol–water partition coefficient (Wildman–Crippen LogP) is 5.32. The summed E-state index contributed by atoms with van der Waals surface area (Å²) < 4.78 is 21.9. The molecular formula is C28H29NO6. The summed E-state index contributed by atoms with van der Waals surface area (Å²) in [6, 6.07) is 17.8. The molecule has 0 atom stereocenters. The minimum atomic E-state index is -0.274. The van der Waals surface area contributed by atoms with Crippen molar-refractivity contribution in [1.29, 1.82) is 0 Å². The van der Waals surface area contributed by atoms with Crippen LogP contribution < -0.4 is 24.3 Å². The number of carbonyl (C=O) groups excluding carboxylic acids is 2. The Hall–Kier alpha value is -4.26. The number of allylic oxidation sites excluding steroid dienone is 1. The topological polar surface area (TPSA) is 83.1 Å². The Kier molecular flexibility index (Phi) is 8.89. The number of para-hydroxylation sites is 1. The van der Waals surface area contributed by atoms with Gasteiger partial charge in [-0.25, -0.2) is 0 Å². The van der Waals surface area contributed by atoms with Crippen LogP contribution in [-0.2, 0) is 4.79 Å². The normalized spacial score (nSPS) is 10.6. The molecule has 0 aliphatic heterocycles. The molecule has 1 amide bonds. The second kappa shape index (κ2) is 12.3. The average Bonchev–Trinajstić information content (AvgIpc) is 2.87. The van der Waals surface area contributed by atoms with Crippen molar-refractivity contribution in [2.45, 2.75) is 13.8 Å². The lowest BCUT2D eigenvalue weighted by molar-refractivity contribution is -0.118. The molecule has 35 heavy (non-hydrogen) atoms. The molecule has 1 N–H and O–H groups in total. The summed E-state index contributed by atoms with van der Waals surface area (Å²) >= 11 is 0. The van der Waals surface area contributed by atoms with Gasteiger partial charge in [-0.15, -0.1) is 0 Å². The number of aryl methyl sites for hydroxylation is 1. The number of hydrogen-bond donors (Lipinski definition) is 1. The highest BCUT2D eigenvalue weighted by molar-refractivity contribution is 6.09. The molecule has 0 bridgehead atoms. The van der Waals surface area contributed by atoms with Crippen LogP contribution in [0, 0.1) is 6.92 Å². The second-order valence-electron chi connectivity index (χ2n) is 7.55. The first kappa shape index (κ1) is 25.4. The second-order valence-corrected chi connectivity index (χ2v) is 7.55. The van der Waals surface area contributed by atoms with Crippen LogP contribution in [-0.4, -0.2) is 39.1 Å². The van der Waals surface area contributed by atoms with Crippen molar-refractivity contribution in [2.24, 2.45) is 0 Å². The summed E-state index contributed by atoms with van der Waals surface area (Å²) in [4.78, 5) is 25.1. The molecule has 7 heteroatoms. The lowest BCUT2D eigenvalue weighted by Crippen LogP contribution is -2.20. The first-order valence-electron chi connectivity index (χ1n) is 11.1. The number of carbonyl (C=O) groups is 2. The standard InChI is InChI=1S/C28H29NO6/c1-5-34-27-16-20(10-13-24(30)22-17-21(32-3)12-15-25(22)33-4)11-14-26(27)35-18-28(31)29-23-9-7-6-8-19(23)2/h6-17H,5,18H2,1-4H3,(H,29,31)/b13-10+. The number of methoxy groups -OCH3 is 2. The summed E-state index contributed by atoms with van der Waals surface area (Å²) in [5.74, 6) is 1.43. The summed E-state index contributed by atoms with van der Waals surface area (Å²) in [7, 11) is 3.05. The van der Waals surface area contributed by atoms with Crippen molar-refractivity contribution in [1.82, 2.24) is 0 Å². The Bertz CT molecular complexity index is 1220. The van der Waals surface area contributed by atoms with E-state index in [1.165, 1.54) is 20.3 Å². The van der Waals surface area contributed by atoms with Crippen molar-refractivity contribution >= 4 is 23.5 Å². The van der Waals surface area contributed by atoms with E-state index >= 15 is 0 Å². The fourth-order valence-corrected chi connectivity index (χ4v) is 3.33. The average molecular weight is 476 g/mol. The molecule has 0 fully saturated rings. The van der Waals surface area contributed by atoms with E-state index in [1.54, 1.807) is 42.5 Å². The highest BCUT2D eigenvalue weighted by atomic mass is 16.5. The zero-order chi connectivity index (χ0) is 25.2. The SMILES string of the molecule is CCOc1cc(/C=C/C(=O)c2cc(OC)ccc2OC)ccc1OCC(=O)Nc1ccccc1C. The summed E-state index contributed by atoms with van der Waals surface area (Å²) in [6.07, 6.45) is 3.14. The third-order valence-electron chi connectivity index (χ3n) is 5.14. The largest absolute Gasteiger partial charge is 0.497 e.